The van der Waals surface area contributed by atoms with Gasteiger partial charge >= 0.3 is 18.0 Å². The molecule has 32 heteroatoms. The molecule has 13 atom stereocenters. The number of esters is 2. The molecule has 8 N–H and O–H groups in total. The number of aliphatic hydroxyl groups excluding tert-OH is 2. The summed E-state index contributed by atoms with van der Waals surface area (Å²) in [5, 5.41) is 26.4. The van der Waals surface area contributed by atoms with Crippen molar-refractivity contribution in [2.75, 3.05) is 82.6 Å². The van der Waals surface area contributed by atoms with Crippen LogP contribution in [0.5, 0.6) is 0 Å². The van der Waals surface area contributed by atoms with Crippen molar-refractivity contribution in [2.24, 2.45) is 5.73 Å². The van der Waals surface area contributed by atoms with E-state index in [1.807, 2.05) is 0 Å². The number of rotatable bonds is 18. The molecular formula is C46H68N14O16S2. The number of piperidine rings is 2. The lowest BCUT2D eigenvalue weighted by molar-refractivity contribution is -0.196. The Labute approximate surface area is 449 Å². The van der Waals surface area contributed by atoms with Crippen LogP contribution >= 0.6 is 0 Å². The molecule has 78 heavy (non-hydrogen) atoms. The number of aliphatic hydroxyl groups is 2. The van der Waals surface area contributed by atoms with E-state index in [4.69, 9.17) is 44.6 Å². The van der Waals surface area contributed by atoms with E-state index in [-0.39, 0.29) is 93.3 Å². The summed E-state index contributed by atoms with van der Waals surface area (Å²) in [5.41, 5.74) is 12.1. The third kappa shape index (κ3) is 11.7. The van der Waals surface area contributed by atoms with Crippen LogP contribution in [0.4, 0.5) is 16.4 Å². The van der Waals surface area contributed by atoms with E-state index >= 15 is 0 Å². The van der Waals surface area contributed by atoms with Gasteiger partial charge in [0, 0.05) is 39.3 Å². The fourth-order valence-electron chi connectivity index (χ4n) is 11.0. The lowest BCUT2D eigenvalue weighted by Gasteiger charge is -2.37. The quantitative estimate of drug-likeness (QED) is 0.0464. The van der Waals surface area contributed by atoms with Gasteiger partial charge in [0.2, 0.25) is 0 Å². The highest BCUT2D eigenvalue weighted by molar-refractivity contribution is 7.92. The number of nitrogens with zero attached hydrogens (tertiary/aromatic N) is 10. The monoisotopic (exact) mass is 1140 g/mol. The van der Waals surface area contributed by atoms with Crippen molar-refractivity contribution < 1.29 is 74.6 Å². The summed E-state index contributed by atoms with van der Waals surface area (Å²) in [5.74, 6) is -3.55. The lowest BCUT2D eigenvalue weighted by atomic mass is 10.0. The standard InChI is InChI=1S/C46H68N14O16S2/c1-45(2,3)76-44(65)49-10-14-58-12-8-25(16-27(58)43(64)71-6)78(68,69)18-29-34-35(41(73-29)60-22-55-30-36(48)51-20-53-38(30)60)75-46(4,74-34)19-50-37-31-39(54-21-52-37)59(23-56-31)40-33(62)32(61)28(72-40)17-77(66,67)24-7-11-57(13-9-47)26(15-24)42(63)70-5/h20-29,32-35,40-41,61-62H,7-19,47H2,1-6H3,(H,49,65)(H2,48,51,53)(H,50,52,54)/t24?,25?,26?,27?,28-,29-,32?,33?,34?,35?,40-,41-,46?/m1/s1. The van der Waals surface area contributed by atoms with E-state index in [9.17, 15) is 41.4 Å². The number of sulfone groups is 2. The molecular weight excluding hydrogens is 1070 g/mol. The van der Waals surface area contributed by atoms with Gasteiger partial charge in [0.25, 0.3) is 0 Å². The predicted molar refractivity (Wildman–Crippen MR) is 273 cm³/mol. The number of likely N-dealkylation sites (tertiary alicyclic amines) is 2. The molecule has 4 aromatic heterocycles. The van der Waals surface area contributed by atoms with Crippen LogP contribution in [-0.2, 0) is 62.4 Å². The number of aromatic nitrogens is 8. The Hall–Kier alpha value is -5.55. The molecule has 0 saturated carbocycles. The summed E-state index contributed by atoms with van der Waals surface area (Å²) in [6.45, 7) is 8.25. The first-order chi connectivity index (χ1) is 36.9. The second-order valence-corrected chi connectivity index (χ2v) is 25.9. The van der Waals surface area contributed by atoms with Crippen molar-refractivity contribution in [2.45, 2.75) is 136 Å². The van der Waals surface area contributed by atoms with Gasteiger partial charge in [-0.05, 0) is 53.4 Å². The Morgan fingerprint density at radius 2 is 1.32 bits per heavy atom. The Kier molecular flexibility index (Phi) is 16.5. The topological polar surface area (TPSA) is 394 Å². The summed E-state index contributed by atoms with van der Waals surface area (Å²) in [6, 6.07) is -1.75. The van der Waals surface area contributed by atoms with Crippen LogP contribution in [-0.4, -0.2) is 236 Å². The van der Waals surface area contributed by atoms with Crippen LogP contribution in [0.15, 0.2) is 25.3 Å². The maximum Gasteiger partial charge on any atom is 0.407 e. The van der Waals surface area contributed by atoms with Crippen molar-refractivity contribution in [3.8, 4) is 0 Å². The number of hydrogen-bond donors (Lipinski definition) is 6. The largest absolute Gasteiger partial charge is 0.468 e. The minimum atomic E-state index is -4.05. The predicted octanol–water partition coefficient (Wildman–Crippen LogP) is -2.00. The molecule has 9 unspecified atom stereocenters. The number of nitrogen functional groups attached to an aromatic ring is 1. The third-order valence-electron chi connectivity index (χ3n) is 14.8. The molecule has 430 valence electrons. The zero-order valence-electron chi connectivity index (χ0n) is 44.0. The van der Waals surface area contributed by atoms with Crippen LogP contribution in [0.2, 0.25) is 0 Å². The highest BCUT2D eigenvalue weighted by atomic mass is 32.2. The second kappa shape index (κ2) is 22.5. The number of carbonyl (C=O) groups is 3. The molecule has 30 nitrogen and oxygen atoms in total. The van der Waals surface area contributed by atoms with Gasteiger partial charge in [-0.2, -0.15) is 0 Å². The minimum absolute atomic E-state index is 0.0382. The van der Waals surface area contributed by atoms with Crippen LogP contribution in [0.1, 0.15) is 65.8 Å². The number of hydrogen-bond acceptors (Lipinski definition) is 27. The van der Waals surface area contributed by atoms with E-state index in [2.05, 4.69) is 40.5 Å². The van der Waals surface area contributed by atoms with Gasteiger partial charge in [-0.3, -0.25) is 28.5 Å². The van der Waals surface area contributed by atoms with Crippen molar-refractivity contribution in [3.05, 3.63) is 25.3 Å². The van der Waals surface area contributed by atoms with E-state index in [0.29, 0.717) is 12.2 Å². The summed E-state index contributed by atoms with van der Waals surface area (Å²) in [4.78, 5) is 67.7. The summed E-state index contributed by atoms with van der Waals surface area (Å²) >= 11 is 0. The van der Waals surface area contributed by atoms with Crippen LogP contribution in [0.25, 0.3) is 22.3 Å². The Bertz CT molecular complexity index is 3070. The first-order valence-corrected chi connectivity index (χ1v) is 29.0. The Morgan fingerprint density at radius 3 is 1.94 bits per heavy atom. The van der Waals surface area contributed by atoms with E-state index in [0.717, 1.165) is 0 Å². The maximum atomic E-state index is 14.5. The molecule has 0 spiro atoms. The van der Waals surface area contributed by atoms with Crippen LogP contribution in [0, 0.1) is 0 Å². The van der Waals surface area contributed by atoms with Gasteiger partial charge in [-0.25, -0.2) is 51.5 Å². The fourth-order valence-corrected chi connectivity index (χ4v) is 14.9. The number of amides is 1. The molecule has 9 heterocycles. The number of carbonyl (C=O) groups excluding carboxylic acids is 3. The third-order valence-corrected chi connectivity index (χ3v) is 19.3. The summed E-state index contributed by atoms with van der Waals surface area (Å²) < 4.78 is 101. The second-order valence-electron chi connectivity index (χ2n) is 21.2. The molecule has 5 aliphatic rings. The number of fused-ring (bicyclic) bond motifs is 3. The molecule has 9 rings (SSSR count). The van der Waals surface area contributed by atoms with Gasteiger partial charge in [0.1, 0.15) is 72.5 Å². The zero-order chi connectivity index (χ0) is 56.1. The maximum absolute atomic E-state index is 14.5. The normalized spacial score (nSPS) is 31.1. The van der Waals surface area contributed by atoms with Crippen molar-refractivity contribution >= 4 is 71.7 Å². The average Bonchev–Trinajstić information content (AvgIpc) is 4.30. The number of nitrogens with two attached hydrogens (primary N) is 2. The molecule has 4 aromatic rings. The number of anilines is 2. The van der Waals surface area contributed by atoms with Crippen molar-refractivity contribution in [1.82, 2.24) is 54.2 Å². The van der Waals surface area contributed by atoms with Crippen LogP contribution in [0.3, 0.4) is 0 Å². The van der Waals surface area contributed by atoms with Gasteiger partial charge in [-0.1, -0.05) is 0 Å². The molecule has 0 radical (unpaired) electrons. The average molecular weight is 1140 g/mol. The number of ether oxygens (including phenoxy) is 7. The van der Waals surface area contributed by atoms with E-state index in [1.165, 1.54) is 44.1 Å². The number of imidazole rings is 2. The van der Waals surface area contributed by atoms with Gasteiger partial charge in [0.05, 0.1) is 55.4 Å². The molecule has 0 aliphatic carbocycles. The van der Waals surface area contributed by atoms with Gasteiger partial charge in [-0.15, -0.1) is 0 Å². The smallest absolute Gasteiger partial charge is 0.407 e. The Morgan fingerprint density at radius 1 is 0.769 bits per heavy atom. The Balaban J connectivity index is 0.891. The molecule has 0 bridgehead atoms. The molecule has 5 saturated heterocycles. The van der Waals surface area contributed by atoms with E-state index in [1.54, 1.807) is 42.1 Å². The molecule has 0 aromatic carbocycles. The summed E-state index contributed by atoms with van der Waals surface area (Å²) in [6.07, 6.45) is -5.11. The summed E-state index contributed by atoms with van der Waals surface area (Å²) in [7, 11) is -5.59. The molecule has 1 amide bonds. The van der Waals surface area contributed by atoms with Gasteiger partial charge in [0.15, 0.2) is 66.4 Å². The van der Waals surface area contributed by atoms with Crippen molar-refractivity contribution in [1.29, 1.82) is 0 Å². The van der Waals surface area contributed by atoms with E-state index < -0.39 is 132 Å². The molecule has 5 aliphatic heterocycles. The fraction of sp³-hybridized carbons (Fsp3) is 0.717. The number of alkyl carbamates (subject to hydrolysis) is 1. The number of methoxy groups -OCH3 is 2. The highest BCUT2D eigenvalue weighted by Crippen LogP contribution is 2.45. The lowest BCUT2D eigenvalue weighted by Crippen LogP contribution is -2.53. The first kappa shape index (κ1) is 57.1. The minimum Gasteiger partial charge on any atom is -0.468 e. The van der Waals surface area contributed by atoms with Gasteiger partial charge < -0.3 is 65.5 Å². The molecule has 5 fully saturated rings. The zero-order valence-corrected chi connectivity index (χ0v) is 45.6. The SMILES string of the molecule is COC(=O)C1CC(S(=O)(=O)C[C@H]2O[C@@H](n3cnc4c(NCC5(C)OC6C(O5)[C@@H](CS(=O)(=O)C5CCN(CCNC(=O)OC(C)(C)C)C(C(=O)OC)C5)O[C@H]6n5cnc6c(N)ncnc65)ncnc43)C(O)C2O)CCN1CCN. The highest BCUT2D eigenvalue weighted by Gasteiger charge is 2.59. The van der Waals surface area contributed by atoms with Crippen LogP contribution < -0.4 is 22.1 Å². The first-order valence-electron chi connectivity index (χ1n) is 25.6. The van der Waals surface area contributed by atoms with Crippen molar-refractivity contribution in [3.63, 3.8) is 0 Å². The number of nitrogens with one attached hydrogen (secondary N) is 2.